The third-order valence-electron chi connectivity index (χ3n) is 3.72. The van der Waals surface area contributed by atoms with Crippen molar-refractivity contribution in [2.45, 2.75) is 0 Å². The van der Waals surface area contributed by atoms with Crippen LogP contribution < -0.4 is 5.43 Å². The molecule has 0 spiro atoms. The van der Waals surface area contributed by atoms with Crippen molar-refractivity contribution < 1.29 is 9.34 Å². The number of hydrogen-bond acceptors (Lipinski definition) is 6. The Kier molecular flexibility index (Phi) is 3.91. The van der Waals surface area contributed by atoms with Crippen molar-refractivity contribution in [2.75, 3.05) is 5.43 Å². The van der Waals surface area contributed by atoms with Gasteiger partial charge in [-0.2, -0.15) is 5.10 Å². The van der Waals surface area contributed by atoms with Crippen LogP contribution in [0.25, 0.3) is 22.4 Å². The lowest BCUT2D eigenvalue weighted by Crippen LogP contribution is -1.91. The SMILES string of the molecule is O=[N+]([O-])c1cccc(-c2ccc(C=NNc3nc4ccccc4[nH]3)o2)c1. The normalized spacial score (nSPS) is 11.2. The van der Waals surface area contributed by atoms with Crippen molar-refractivity contribution in [3.63, 3.8) is 0 Å². The fourth-order valence-electron chi connectivity index (χ4n) is 2.51. The summed E-state index contributed by atoms with van der Waals surface area (Å²) in [5, 5.41) is 15.0. The molecule has 4 rings (SSSR count). The van der Waals surface area contributed by atoms with Crippen molar-refractivity contribution in [2.24, 2.45) is 5.10 Å². The number of nitro benzene ring substituents is 1. The molecule has 4 aromatic rings. The van der Waals surface area contributed by atoms with E-state index < -0.39 is 4.92 Å². The maximum atomic E-state index is 10.9. The predicted octanol–water partition coefficient (Wildman–Crippen LogP) is 4.18. The van der Waals surface area contributed by atoms with Gasteiger partial charge in [0.1, 0.15) is 11.5 Å². The third-order valence-corrected chi connectivity index (χ3v) is 3.72. The summed E-state index contributed by atoms with van der Waals surface area (Å²) in [5.41, 5.74) is 5.21. The molecule has 128 valence electrons. The molecule has 26 heavy (non-hydrogen) atoms. The summed E-state index contributed by atoms with van der Waals surface area (Å²) in [6.07, 6.45) is 1.51. The van der Waals surface area contributed by atoms with Gasteiger partial charge in [-0.05, 0) is 24.3 Å². The second-order valence-corrected chi connectivity index (χ2v) is 5.48. The zero-order valence-electron chi connectivity index (χ0n) is 13.4. The number of benzene rings is 2. The van der Waals surface area contributed by atoms with Gasteiger partial charge in [-0.1, -0.05) is 24.3 Å². The molecule has 0 aliphatic carbocycles. The average molecular weight is 347 g/mol. The van der Waals surface area contributed by atoms with Gasteiger partial charge in [0.15, 0.2) is 0 Å². The Bertz CT molecular complexity index is 1080. The minimum atomic E-state index is -0.438. The molecular weight excluding hydrogens is 334 g/mol. The van der Waals surface area contributed by atoms with Crippen molar-refractivity contribution in [1.82, 2.24) is 9.97 Å². The topological polar surface area (TPSA) is 109 Å². The van der Waals surface area contributed by atoms with E-state index in [4.69, 9.17) is 4.42 Å². The van der Waals surface area contributed by atoms with Gasteiger partial charge in [-0.3, -0.25) is 10.1 Å². The lowest BCUT2D eigenvalue weighted by molar-refractivity contribution is -0.384. The average Bonchev–Trinajstić information content (AvgIpc) is 3.28. The number of rotatable bonds is 5. The van der Waals surface area contributed by atoms with Crippen molar-refractivity contribution in [1.29, 1.82) is 0 Å². The number of nitro groups is 1. The van der Waals surface area contributed by atoms with E-state index in [1.807, 2.05) is 24.3 Å². The number of hydrazone groups is 1. The summed E-state index contributed by atoms with van der Waals surface area (Å²) in [4.78, 5) is 17.9. The van der Waals surface area contributed by atoms with Crippen LogP contribution in [0.15, 0.2) is 70.2 Å². The smallest absolute Gasteiger partial charge is 0.270 e. The van der Waals surface area contributed by atoms with Gasteiger partial charge < -0.3 is 9.40 Å². The molecule has 0 atom stereocenters. The molecule has 0 saturated heterocycles. The quantitative estimate of drug-likeness (QED) is 0.320. The number of anilines is 1. The Labute approximate surface area is 147 Å². The van der Waals surface area contributed by atoms with Gasteiger partial charge in [0, 0.05) is 17.7 Å². The molecule has 8 heteroatoms. The Morgan fingerprint density at radius 2 is 2.04 bits per heavy atom. The molecule has 0 amide bonds. The minimum Gasteiger partial charge on any atom is -0.455 e. The molecule has 2 N–H and O–H groups in total. The van der Waals surface area contributed by atoms with Crippen LogP contribution in [0.4, 0.5) is 11.6 Å². The maximum absolute atomic E-state index is 10.9. The number of nitrogens with one attached hydrogen (secondary N) is 2. The van der Waals surface area contributed by atoms with E-state index in [0.29, 0.717) is 23.0 Å². The summed E-state index contributed by atoms with van der Waals surface area (Å²) in [5.74, 6) is 1.56. The molecule has 2 aromatic carbocycles. The number of non-ortho nitro benzene ring substituents is 1. The number of para-hydroxylation sites is 2. The van der Waals surface area contributed by atoms with Gasteiger partial charge in [0.25, 0.3) is 5.69 Å². The third kappa shape index (κ3) is 3.16. The first kappa shape index (κ1) is 15.6. The van der Waals surface area contributed by atoms with Crippen LogP contribution in [0, 0.1) is 10.1 Å². The highest BCUT2D eigenvalue weighted by Gasteiger charge is 2.09. The number of furan rings is 1. The lowest BCUT2D eigenvalue weighted by atomic mass is 10.1. The van der Waals surface area contributed by atoms with Crippen LogP contribution >= 0.6 is 0 Å². The van der Waals surface area contributed by atoms with Crippen LogP contribution in [-0.2, 0) is 0 Å². The number of H-pyrrole nitrogens is 1. The van der Waals surface area contributed by atoms with Gasteiger partial charge in [0.05, 0.1) is 22.2 Å². The zero-order valence-corrected chi connectivity index (χ0v) is 13.4. The number of aromatic amines is 1. The van der Waals surface area contributed by atoms with Crippen LogP contribution in [0.1, 0.15) is 5.76 Å². The first-order valence-electron chi connectivity index (χ1n) is 7.77. The van der Waals surface area contributed by atoms with Crippen molar-refractivity contribution >= 4 is 28.9 Å². The van der Waals surface area contributed by atoms with Crippen LogP contribution in [-0.4, -0.2) is 21.1 Å². The summed E-state index contributed by atoms with van der Waals surface area (Å²) in [7, 11) is 0. The molecule has 8 nitrogen and oxygen atoms in total. The van der Waals surface area contributed by atoms with Gasteiger partial charge >= 0.3 is 0 Å². The molecule has 0 unspecified atom stereocenters. The Morgan fingerprint density at radius 1 is 1.15 bits per heavy atom. The molecular formula is C18H13N5O3. The molecule has 0 fully saturated rings. The van der Waals surface area contributed by atoms with E-state index in [1.165, 1.54) is 18.3 Å². The summed E-state index contributed by atoms with van der Waals surface area (Å²) in [6.45, 7) is 0. The number of imidazole rings is 1. The van der Waals surface area contributed by atoms with E-state index in [2.05, 4.69) is 20.5 Å². The van der Waals surface area contributed by atoms with E-state index in [0.717, 1.165) is 11.0 Å². The fraction of sp³-hybridized carbons (Fsp3) is 0. The highest BCUT2D eigenvalue weighted by molar-refractivity contribution is 5.79. The Hall–Kier alpha value is -3.94. The van der Waals surface area contributed by atoms with Crippen LogP contribution in [0.3, 0.4) is 0 Å². The monoisotopic (exact) mass is 347 g/mol. The largest absolute Gasteiger partial charge is 0.455 e. The molecule has 2 heterocycles. The van der Waals surface area contributed by atoms with Gasteiger partial charge in [0.2, 0.25) is 5.95 Å². The molecule has 2 aromatic heterocycles. The molecule has 0 aliphatic heterocycles. The van der Waals surface area contributed by atoms with E-state index >= 15 is 0 Å². The number of hydrogen-bond donors (Lipinski definition) is 2. The minimum absolute atomic E-state index is 0.0145. The van der Waals surface area contributed by atoms with Crippen molar-refractivity contribution in [3.05, 3.63) is 76.5 Å². The van der Waals surface area contributed by atoms with E-state index in [-0.39, 0.29) is 5.69 Å². The number of aromatic nitrogens is 2. The summed E-state index contributed by atoms with van der Waals surface area (Å²) in [6, 6.07) is 17.4. The highest BCUT2D eigenvalue weighted by Crippen LogP contribution is 2.25. The second kappa shape index (κ2) is 6.52. The fourth-order valence-corrected chi connectivity index (χ4v) is 2.51. The summed E-state index contributed by atoms with van der Waals surface area (Å²) >= 11 is 0. The standard InChI is InChI=1S/C18H13N5O3/c24-23(25)13-5-3-4-12(10-13)17-9-8-14(26-17)11-19-22-18-20-15-6-1-2-7-16(15)21-18/h1-11H,(H2,20,21,22). The predicted molar refractivity (Wildman–Crippen MR) is 98.1 cm³/mol. The van der Waals surface area contributed by atoms with Gasteiger partial charge in [-0.25, -0.2) is 10.4 Å². The van der Waals surface area contributed by atoms with Crippen molar-refractivity contribution in [3.8, 4) is 11.3 Å². The second-order valence-electron chi connectivity index (χ2n) is 5.48. The maximum Gasteiger partial charge on any atom is 0.270 e. The summed E-state index contributed by atoms with van der Waals surface area (Å²) < 4.78 is 5.66. The van der Waals surface area contributed by atoms with Crippen LogP contribution in [0.5, 0.6) is 0 Å². The lowest BCUT2D eigenvalue weighted by Gasteiger charge is -1.97. The van der Waals surface area contributed by atoms with E-state index in [1.54, 1.807) is 24.3 Å². The molecule has 0 radical (unpaired) electrons. The molecule has 0 aliphatic rings. The van der Waals surface area contributed by atoms with Crippen LogP contribution in [0.2, 0.25) is 0 Å². The first-order chi connectivity index (χ1) is 12.7. The van der Waals surface area contributed by atoms with E-state index in [9.17, 15) is 10.1 Å². The zero-order chi connectivity index (χ0) is 17.9. The molecule has 0 bridgehead atoms. The molecule has 0 saturated carbocycles. The number of nitrogens with zero attached hydrogens (tertiary/aromatic N) is 3. The highest BCUT2D eigenvalue weighted by atomic mass is 16.6. The Balaban J connectivity index is 1.48. The number of fused-ring (bicyclic) bond motifs is 1. The van der Waals surface area contributed by atoms with Gasteiger partial charge in [-0.15, -0.1) is 0 Å². The first-order valence-corrected chi connectivity index (χ1v) is 7.77. The Morgan fingerprint density at radius 3 is 2.88 bits per heavy atom.